The summed E-state index contributed by atoms with van der Waals surface area (Å²) in [6.45, 7) is 2.33. The Labute approximate surface area is 91.7 Å². The molecule has 2 aliphatic carbocycles. The summed E-state index contributed by atoms with van der Waals surface area (Å²) in [5, 5.41) is 0. The van der Waals surface area contributed by atoms with Gasteiger partial charge in [-0.1, -0.05) is 37.6 Å². The normalized spacial score (nSPS) is 38.5. The van der Waals surface area contributed by atoms with Crippen LogP contribution in [0.3, 0.4) is 0 Å². The second-order valence-electron chi connectivity index (χ2n) is 5.32. The van der Waals surface area contributed by atoms with E-state index in [1.807, 2.05) is 0 Å². The standard InChI is InChI=1S/C14H19N/c1-10-5-4-7-12-9-11-6-2-3-8-13(11)14(10,12)15/h2-3,6,8,10,12H,4-5,7,9,15H2,1H3/t10?,12-,14+/m0/s1. The van der Waals surface area contributed by atoms with Crippen molar-refractivity contribution in [3.63, 3.8) is 0 Å². The van der Waals surface area contributed by atoms with Crippen molar-refractivity contribution in [3.8, 4) is 0 Å². The molecule has 80 valence electrons. The zero-order valence-electron chi connectivity index (χ0n) is 9.37. The van der Waals surface area contributed by atoms with Crippen LogP contribution in [0.1, 0.15) is 37.3 Å². The molecule has 0 aromatic heterocycles. The number of benzene rings is 1. The van der Waals surface area contributed by atoms with Crippen LogP contribution in [-0.2, 0) is 12.0 Å². The van der Waals surface area contributed by atoms with Gasteiger partial charge in [-0.15, -0.1) is 0 Å². The maximum atomic E-state index is 6.72. The fourth-order valence-electron chi connectivity index (χ4n) is 3.69. The lowest BCUT2D eigenvalue weighted by Gasteiger charge is -2.42. The Morgan fingerprint density at radius 3 is 2.93 bits per heavy atom. The average Bonchev–Trinajstić information content (AvgIpc) is 2.55. The van der Waals surface area contributed by atoms with Gasteiger partial charge >= 0.3 is 0 Å². The second-order valence-corrected chi connectivity index (χ2v) is 5.32. The molecule has 0 aliphatic heterocycles. The summed E-state index contributed by atoms with van der Waals surface area (Å²) in [6, 6.07) is 8.79. The van der Waals surface area contributed by atoms with Crippen LogP contribution < -0.4 is 5.73 Å². The van der Waals surface area contributed by atoms with Gasteiger partial charge in [0.2, 0.25) is 0 Å². The first-order valence-electron chi connectivity index (χ1n) is 6.10. The minimum absolute atomic E-state index is 0.0190. The third kappa shape index (κ3) is 1.13. The zero-order chi connectivity index (χ0) is 10.5. The van der Waals surface area contributed by atoms with Crippen molar-refractivity contribution in [3.05, 3.63) is 35.4 Å². The number of hydrogen-bond donors (Lipinski definition) is 1. The van der Waals surface area contributed by atoms with Crippen LogP contribution >= 0.6 is 0 Å². The van der Waals surface area contributed by atoms with Crippen molar-refractivity contribution in [1.29, 1.82) is 0 Å². The quantitative estimate of drug-likeness (QED) is 0.686. The third-order valence-corrected chi connectivity index (χ3v) is 4.63. The van der Waals surface area contributed by atoms with E-state index in [9.17, 15) is 0 Å². The molecule has 15 heavy (non-hydrogen) atoms. The van der Waals surface area contributed by atoms with Crippen LogP contribution in [0.5, 0.6) is 0 Å². The Bertz CT molecular complexity index is 385. The molecule has 1 nitrogen and oxygen atoms in total. The highest BCUT2D eigenvalue weighted by Crippen LogP contribution is 2.50. The van der Waals surface area contributed by atoms with E-state index in [4.69, 9.17) is 5.73 Å². The van der Waals surface area contributed by atoms with Gasteiger partial charge in [0.25, 0.3) is 0 Å². The number of fused-ring (bicyclic) bond motifs is 3. The SMILES string of the molecule is CC1CCC[C@H]2Cc3ccccc3[C@@]12N. The number of nitrogens with two attached hydrogens (primary N) is 1. The maximum absolute atomic E-state index is 6.72. The lowest BCUT2D eigenvalue weighted by molar-refractivity contribution is 0.139. The Balaban J connectivity index is 2.13. The first kappa shape index (κ1) is 9.41. The van der Waals surface area contributed by atoms with Gasteiger partial charge in [-0.25, -0.2) is 0 Å². The Kier molecular flexibility index (Phi) is 1.93. The third-order valence-electron chi connectivity index (χ3n) is 4.63. The summed E-state index contributed by atoms with van der Waals surface area (Å²) in [5.74, 6) is 1.33. The molecular weight excluding hydrogens is 182 g/mol. The van der Waals surface area contributed by atoms with Crippen LogP contribution in [0.4, 0.5) is 0 Å². The van der Waals surface area contributed by atoms with Gasteiger partial charge in [0.05, 0.1) is 0 Å². The van der Waals surface area contributed by atoms with Crippen LogP contribution in [0.25, 0.3) is 0 Å². The van der Waals surface area contributed by atoms with Gasteiger partial charge in [-0.05, 0) is 42.2 Å². The van der Waals surface area contributed by atoms with Crippen molar-refractivity contribution in [1.82, 2.24) is 0 Å². The minimum atomic E-state index is -0.0190. The van der Waals surface area contributed by atoms with Crippen LogP contribution in [0, 0.1) is 11.8 Å². The summed E-state index contributed by atoms with van der Waals surface area (Å²) >= 11 is 0. The Morgan fingerprint density at radius 1 is 1.27 bits per heavy atom. The predicted molar refractivity (Wildman–Crippen MR) is 62.5 cm³/mol. The molecule has 1 fully saturated rings. The molecule has 1 heteroatoms. The summed E-state index contributed by atoms with van der Waals surface area (Å²) in [6.07, 6.45) is 5.17. The molecule has 0 heterocycles. The van der Waals surface area contributed by atoms with E-state index in [0.717, 1.165) is 0 Å². The lowest BCUT2D eigenvalue weighted by Crippen LogP contribution is -2.49. The first-order valence-corrected chi connectivity index (χ1v) is 6.10. The van der Waals surface area contributed by atoms with Crippen molar-refractivity contribution >= 4 is 0 Å². The maximum Gasteiger partial charge on any atom is 0.0470 e. The molecule has 0 bridgehead atoms. The van der Waals surface area contributed by atoms with Gasteiger partial charge < -0.3 is 5.73 Å². The van der Waals surface area contributed by atoms with Gasteiger partial charge in [0.15, 0.2) is 0 Å². The van der Waals surface area contributed by atoms with Crippen LogP contribution in [-0.4, -0.2) is 0 Å². The van der Waals surface area contributed by atoms with E-state index in [1.54, 1.807) is 0 Å². The predicted octanol–water partition coefficient (Wildman–Crippen LogP) is 2.83. The fourth-order valence-corrected chi connectivity index (χ4v) is 3.69. The van der Waals surface area contributed by atoms with Crippen molar-refractivity contribution in [2.45, 2.75) is 38.1 Å². The molecule has 0 radical (unpaired) electrons. The van der Waals surface area contributed by atoms with Gasteiger partial charge in [0, 0.05) is 5.54 Å². The zero-order valence-corrected chi connectivity index (χ0v) is 9.37. The highest BCUT2D eigenvalue weighted by Gasteiger charge is 2.48. The molecule has 3 rings (SSSR count). The van der Waals surface area contributed by atoms with Gasteiger partial charge in [-0.3, -0.25) is 0 Å². The van der Waals surface area contributed by atoms with Crippen LogP contribution in [0.15, 0.2) is 24.3 Å². The molecule has 3 atom stereocenters. The Morgan fingerprint density at radius 2 is 2.07 bits per heavy atom. The first-order chi connectivity index (χ1) is 7.23. The van der Waals surface area contributed by atoms with E-state index in [1.165, 1.54) is 36.8 Å². The molecule has 1 unspecified atom stereocenters. The summed E-state index contributed by atoms with van der Waals surface area (Å²) in [7, 11) is 0. The molecule has 2 aliphatic rings. The molecule has 0 amide bonds. The van der Waals surface area contributed by atoms with Crippen molar-refractivity contribution < 1.29 is 0 Å². The summed E-state index contributed by atoms with van der Waals surface area (Å²) < 4.78 is 0. The van der Waals surface area contributed by atoms with Crippen molar-refractivity contribution in [2.24, 2.45) is 17.6 Å². The molecule has 0 spiro atoms. The molecule has 1 aromatic rings. The van der Waals surface area contributed by atoms with E-state index in [-0.39, 0.29) is 5.54 Å². The second kappa shape index (κ2) is 3.08. The molecule has 0 saturated heterocycles. The Hall–Kier alpha value is -0.820. The van der Waals surface area contributed by atoms with E-state index < -0.39 is 0 Å². The largest absolute Gasteiger partial charge is 0.321 e. The fraction of sp³-hybridized carbons (Fsp3) is 0.571. The average molecular weight is 201 g/mol. The molecule has 1 saturated carbocycles. The highest BCUT2D eigenvalue weighted by molar-refractivity contribution is 5.41. The van der Waals surface area contributed by atoms with Crippen molar-refractivity contribution in [2.75, 3.05) is 0 Å². The highest BCUT2D eigenvalue weighted by atomic mass is 14.8. The van der Waals surface area contributed by atoms with E-state index in [0.29, 0.717) is 11.8 Å². The molecule has 1 aromatic carbocycles. The minimum Gasteiger partial charge on any atom is -0.321 e. The topological polar surface area (TPSA) is 26.0 Å². The van der Waals surface area contributed by atoms with E-state index >= 15 is 0 Å². The molecular formula is C14H19N. The number of hydrogen-bond acceptors (Lipinski definition) is 1. The lowest BCUT2D eigenvalue weighted by atomic mass is 9.67. The van der Waals surface area contributed by atoms with Gasteiger partial charge in [0.1, 0.15) is 0 Å². The number of rotatable bonds is 0. The monoisotopic (exact) mass is 201 g/mol. The smallest absolute Gasteiger partial charge is 0.0470 e. The van der Waals surface area contributed by atoms with Gasteiger partial charge in [-0.2, -0.15) is 0 Å². The summed E-state index contributed by atoms with van der Waals surface area (Å²) in [5.41, 5.74) is 9.63. The summed E-state index contributed by atoms with van der Waals surface area (Å²) in [4.78, 5) is 0. The molecule has 2 N–H and O–H groups in total. The van der Waals surface area contributed by atoms with E-state index in [2.05, 4.69) is 31.2 Å². The van der Waals surface area contributed by atoms with Crippen LogP contribution in [0.2, 0.25) is 0 Å².